The number of hydrogen-bond acceptors (Lipinski definition) is 2. The Kier molecular flexibility index (Phi) is 5.38. The lowest BCUT2D eigenvalue weighted by atomic mass is 10.1. The highest BCUT2D eigenvalue weighted by Crippen LogP contribution is 2.37. The number of nitrogens with zero attached hydrogens (tertiary/aromatic N) is 2. The van der Waals surface area contributed by atoms with Crippen molar-refractivity contribution in [2.75, 3.05) is 13.6 Å². The van der Waals surface area contributed by atoms with Gasteiger partial charge in [0.1, 0.15) is 5.15 Å². The monoisotopic (exact) mass is 390 g/mol. The van der Waals surface area contributed by atoms with Gasteiger partial charge in [0, 0.05) is 31.0 Å². The van der Waals surface area contributed by atoms with E-state index >= 15 is 0 Å². The summed E-state index contributed by atoms with van der Waals surface area (Å²) in [6.07, 6.45) is 8.34. The molecule has 0 bridgehead atoms. The van der Waals surface area contributed by atoms with E-state index in [1.807, 2.05) is 12.3 Å². The fourth-order valence-corrected chi connectivity index (χ4v) is 5.98. The Bertz CT molecular complexity index is 944. The summed E-state index contributed by atoms with van der Waals surface area (Å²) < 4.78 is 0. The number of aromatic nitrogens is 1. The molecule has 2 heterocycles. The van der Waals surface area contributed by atoms with Gasteiger partial charge in [0.25, 0.3) is 0 Å². The predicted octanol–water partition coefficient (Wildman–Crippen LogP) is 4.34. The van der Waals surface area contributed by atoms with Crippen LogP contribution in [0.5, 0.6) is 0 Å². The molecule has 0 saturated heterocycles. The van der Waals surface area contributed by atoms with Crippen molar-refractivity contribution >= 4 is 41.1 Å². The van der Waals surface area contributed by atoms with Gasteiger partial charge in [-0.2, -0.15) is 0 Å². The molecule has 0 radical (unpaired) electrons. The van der Waals surface area contributed by atoms with E-state index in [1.165, 1.54) is 21.6 Å². The highest BCUT2D eigenvalue weighted by Gasteiger charge is 2.23. The van der Waals surface area contributed by atoms with E-state index in [1.54, 1.807) is 0 Å². The van der Waals surface area contributed by atoms with Gasteiger partial charge in [-0.25, -0.2) is 4.98 Å². The Morgan fingerprint density at radius 3 is 2.19 bits per heavy atom. The molecule has 0 fully saturated rings. The maximum absolute atomic E-state index is 6.36. The molecule has 0 unspecified atom stereocenters. The molecule has 0 saturated carbocycles. The summed E-state index contributed by atoms with van der Waals surface area (Å²) >= 11 is 6.36. The lowest BCUT2D eigenvalue weighted by Crippen LogP contribution is -2.27. The summed E-state index contributed by atoms with van der Waals surface area (Å²) in [7, 11) is 1.37. The summed E-state index contributed by atoms with van der Waals surface area (Å²) in [6.45, 7) is 0.891. The lowest BCUT2D eigenvalue weighted by molar-refractivity contribution is 0.531. The average molecular weight is 391 g/mol. The van der Waals surface area contributed by atoms with E-state index in [-0.39, 0.29) is 0 Å². The zero-order valence-corrected chi connectivity index (χ0v) is 16.7. The first-order valence-electron chi connectivity index (χ1n) is 8.88. The van der Waals surface area contributed by atoms with E-state index in [0.29, 0.717) is 5.15 Å². The molecular formula is C23H20ClN2P. The minimum Gasteiger partial charge on any atom is -0.370 e. The molecule has 1 aliphatic rings. The zero-order chi connectivity index (χ0) is 18.6. The van der Waals surface area contributed by atoms with Crippen LogP contribution in [-0.2, 0) is 0 Å². The highest BCUT2D eigenvalue weighted by molar-refractivity contribution is 7.80. The van der Waals surface area contributed by atoms with Crippen molar-refractivity contribution in [1.29, 1.82) is 0 Å². The molecule has 27 heavy (non-hydrogen) atoms. The van der Waals surface area contributed by atoms with Gasteiger partial charge in [0.05, 0.1) is 0 Å². The molecule has 0 aliphatic carbocycles. The zero-order valence-electron chi connectivity index (χ0n) is 15.1. The molecule has 4 rings (SSSR count). The molecule has 0 atom stereocenters. The van der Waals surface area contributed by atoms with E-state index < -0.39 is 7.92 Å². The van der Waals surface area contributed by atoms with Crippen molar-refractivity contribution in [2.45, 2.75) is 0 Å². The largest absolute Gasteiger partial charge is 0.370 e. The standard InChI is InChI=1S/C23H20ClN2P/c1-26-15-9-8-14-21(26)20-17-25-23(24)16-22(20)27(18-10-4-2-5-11-18)19-12-6-3-7-13-19/h2-14,16-17H,15H2,1H3. The molecule has 1 aromatic heterocycles. The van der Waals surface area contributed by atoms with Crippen LogP contribution in [0.25, 0.3) is 5.70 Å². The van der Waals surface area contributed by atoms with Gasteiger partial charge in [-0.15, -0.1) is 0 Å². The summed E-state index contributed by atoms with van der Waals surface area (Å²) in [5.74, 6) is 0. The van der Waals surface area contributed by atoms with Gasteiger partial charge in [-0.3, -0.25) is 0 Å². The van der Waals surface area contributed by atoms with Crippen LogP contribution in [0.4, 0.5) is 0 Å². The van der Waals surface area contributed by atoms with Crippen molar-refractivity contribution in [2.24, 2.45) is 0 Å². The maximum Gasteiger partial charge on any atom is 0.129 e. The van der Waals surface area contributed by atoms with Crippen molar-refractivity contribution in [3.05, 3.63) is 102 Å². The number of benzene rings is 2. The molecule has 4 heteroatoms. The molecular weight excluding hydrogens is 371 g/mol. The summed E-state index contributed by atoms with van der Waals surface area (Å²) in [5, 5.41) is 4.37. The Hall–Kier alpha value is -2.41. The quantitative estimate of drug-likeness (QED) is 0.486. The molecule has 0 amide bonds. The number of rotatable bonds is 4. The molecule has 2 aromatic carbocycles. The minimum atomic E-state index is -0.743. The number of allylic oxidation sites excluding steroid dienone is 2. The summed E-state index contributed by atoms with van der Waals surface area (Å²) in [6, 6.07) is 23.4. The Balaban J connectivity index is 1.94. The Labute approximate surface area is 166 Å². The summed E-state index contributed by atoms with van der Waals surface area (Å²) in [4.78, 5) is 6.65. The third-order valence-corrected chi connectivity index (χ3v) is 7.26. The number of halogens is 1. The van der Waals surface area contributed by atoms with Crippen LogP contribution in [-0.4, -0.2) is 23.5 Å². The molecule has 0 N–H and O–H groups in total. The van der Waals surface area contributed by atoms with Crippen LogP contribution >= 0.6 is 19.5 Å². The second-order valence-corrected chi connectivity index (χ2v) is 8.96. The molecule has 3 aromatic rings. The first kappa shape index (κ1) is 18.0. The second kappa shape index (κ2) is 8.08. The van der Waals surface area contributed by atoms with E-state index in [0.717, 1.165) is 12.1 Å². The predicted molar refractivity (Wildman–Crippen MR) is 118 cm³/mol. The van der Waals surface area contributed by atoms with Crippen LogP contribution in [0.3, 0.4) is 0 Å². The lowest BCUT2D eigenvalue weighted by Gasteiger charge is -2.28. The van der Waals surface area contributed by atoms with Crippen LogP contribution in [0.1, 0.15) is 5.56 Å². The first-order chi connectivity index (χ1) is 13.2. The Morgan fingerprint density at radius 1 is 0.963 bits per heavy atom. The highest BCUT2D eigenvalue weighted by atomic mass is 35.5. The van der Waals surface area contributed by atoms with Crippen molar-refractivity contribution < 1.29 is 0 Å². The van der Waals surface area contributed by atoms with Crippen molar-refractivity contribution in [3.8, 4) is 0 Å². The molecule has 2 nitrogen and oxygen atoms in total. The summed E-state index contributed by atoms with van der Waals surface area (Å²) in [5.41, 5.74) is 2.32. The number of pyridine rings is 1. The van der Waals surface area contributed by atoms with Gasteiger partial charge in [0.2, 0.25) is 0 Å². The van der Waals surface area contributed by atoms with Crippen molar-refractivity contribution in [3.63, 3.8) is 0 Å². The fourth-order valence-electron chi connectivity index (χ4n) is 3.28. The second-order valence-electron chi connectivity index (χ2n) is 6.39. The van der Waals surface area contributed by atoms with Crippen molar-refractivity contribution in [1.82, 2.24) is 9.88 Å². The van der Waals surface area contributed by atoms with Gasteiger partial charge >= 0.3 is 0 Å². The Morgan fingerprint density at radius 2 is 1.59 bits per heavy atom. The smallest absolute Gasteiger partial charge is 0.129 e. The normalized spacial score (nSPS) is 13.7. The van der Waals surface area contributed by atoms with Gasteiger partial charge in [0.15, 0.2) is 0 Å². The minimum absolute atomic E-state index is 0.530. The maximum atomic E-state index is 6.36. The topological polar surface area (TPSA) is 16.1 Å². The molecule has 1 aliphatic heterocycles. The fraction of sp³-hybridized carbons (Fsp3) is 0.0870. The molecule has 0 spiro atoms. The van der Waals surface area contributed by atoms with Crippen LogP contribution in [0.2, 0.25) is 5.15 Å². The first-order valence-corrected chi connectivity index (χ1v) is 10.6. The SMILES string of the molecule is CN1CC=CC=C1c1cnc(Cl)cc1P(c1ccccc1)c1ccccc1. The third kappa shape index (κ3) is 3.83. The van der Waals surface area contributed by atoms with Gasteiger partial charge < -0.3 is 4.90 Å². The van der Waals surface area contributed by atoms with E-state index in [4.69, 9.17) is 11.6 Å². The number of likely N-dealkylation sites (N-methyl/N-ethyl adjacent to an activating group) is 1. The van der Waals surface area contributed by atoms with E-state index in [2.05, 4.69) is 95.8 Å². The third-order valence-electron chi connectivity index (χ3n) is 4.58. The van der Waals surface area contributed by atoms with Crippen LogP contribution in [0, 0.1) is 0 Å². The van der Waals surface area contributed by atoms with Crippen LogP contribution < -0.4 is 15.9 Å². The van der Waals surface area contributed by atoms with Crippen LogP contribution in [0.15, 0.2) is 91.2 Å². The van der Waals surface area contributed by atoms with Gasteiger partial charge in [-0.05, 0) is 36.0 Å². The number of hydrogen-bond donors (Lipinski definition) is 0. The van der Waals surface area contributed by atoms with Gasteiger partial charge in [-0.1, -0.05) is 84.4 Å². The average Bonchev–Trinajstić information content (AvgIpc) is 2.71. The van der Waals surface area contributed by atoms with E-state index in [9.17, 15) is 0 Å². The molecule has 134 valence electrons.